The van der Waals surface area contributed by atoms with Gasteiger partial charge in [0.05, 0.1) is 0 Å². The average molecular weight is 338 g/mol. The van der Waals surface area contributed by atoms with Crippen LogP contribution in [0.3, 0.4) is 0 Å². The first-order valence-corrected chi connectivity index (χ1v) is 5.61. The van der Waals surface area contributed by atoms with E-state index in [4.69, 9.17) is 34.8 Å². The van der Waals surface area contributed by atoms with Crippen LogP contribution in [0.1, 0.15) is 5.69 Å². The SMILES string of the molecule is O=C(Nc1cc(C(F)(F)F)ncn1)OCC(Cl)(Cl)Cl. The summed E-state index contributed by atoms with van der Waals surface area (Å²) in [4.78, 5) is 17.6. The second kappa shape index (κ2) is 5.98. The highest BCUT2D eigenvalue weighted by molar-refractivity contribution is 6.67. The molecule has 5 nitrogen and oxygen atoms in total. The molecular weight excluding hydrogens is 333 g/mol. The predicted molar refractivity (Wildman–Crippen MR) is 62.3 cm³/mol. The lowest BCUT2D eigenvalue weighted by Crippen LogP contribution is -2.22. The fourth-order valence-corrected chi connectivity index (χ4v) is 1.03. The van der Waals surface area contributed by atoms with Crippen molar-refractivity contribution >= 4 is 46.7 Å². The summed E-state index contributed by atoms with van der Waals surface area (Å²) in [5, 5.41) is 1.94. The van der Waals surface area contributed by atoms with Crippen molar-refractivity contribution in [2.24, 2.45) is 0 Å². The van der Waals surface area contributed by atoms with E-state index in [2.05, 4.69) is 14.7 Å². The molecule has 0 saturated carbocycles. The summed E-state index contributed by atoms with van der Waals surface area (Å²) in [6, 6.07) is 0.538. The second-order valence-corrected chi connectivity index (χ2v) is 5.62. The highest BCUT2D eigenvalue weighted by Gasteiger charge is 2.33. The lowest BCUT2D eigenvalue weighted by atomic mass is 10.4. The maximum Gasteiger partial charge on any atom is 0.433 e. The molecule has 0 aliphatic carbocycles. The number of carbonyl (C=O) groups is 1. The van der Waals surface area contributed by atoms with Gasteiger partial charge in [-0.15, -0.1) is 0 Å². The van der Waals surface area contributed by atoms with Crippen molar-refractivity contribution in [3.05, 3.63) is 18.1 Å². The molecule has 1 aromatic heterocycles. The van der Waals surface area contributed by atoms with E-state index in [-0.39, 0.29) is 0 Å². The summed E-state index contributed by atoms with van der Waals surface area (Å²) in [6.07, 6.45) is -5.12. The van der Waals surface area contributed by atoms with Crippen molar-refractivity contribution < 1.29 is 22.7 Å². The molecule has 11 heteroatoms. The summed E-state index contributed by atoms with van der Waals surface area (Å²) in [5.74, 6) is -0.392. The number of nitrogens with zero attached hydrogens (tertiary/aromatic N) is 2. The molecule has 0 aliphatic rings. The number of alkyl halides is 6. The molecular formula is C8H5Cl3F3N3O2. The zero-order valence-corrected chi connectivity index (χ0v) is 11.1. The monoisotopic (exact) mass is 337 g/mol. The Bertz CT molecular complexity index is 465. The first kappa shape index (κ1) is 16.1. The van der Waals surface area contributed by atoms with Crippen molar-refractivity contribution in [1.29, 1.82) is 0 Å². The number of carbonyl (C=O) groups excluding carboxylic acids is 1. The van der Waals surface area contributed by atoms with E-state index in [1.54, 1.807) is 0 Å². The Morgan fingerprint density at radius 2 is 1.95 bits per heavy atom. The molecule has 0 atom stereocenters. The highest BCUT2D eigenvalue weighted by atomic mass is 35.6. The van der Waals surface area contributed by atoms with E-state index in [0.29, 0.717) is 12.4 Å². The van der Waals surface area contributed by atoms with Gasteiger partial charge in [-0.2, -0.15) is 13.2 Å². The third kappa shape index (κ3) is 6.13. The number of aromatic nitrogens is 2. The Hall–Kier alpha value is -0.990. The summed E-state index contributed by atoms with van der Waals surface area (Å²) in [6.45, 7) is -0.569. The fraction of sp³-hybridized carbons (Fsp3) is 0.375. The van der Waals surface area contributed by atoms with Gasteiger partial charge >= 0.3 is 12.3 Å². The largest absolute Gasteiger partial charge is 0.445 e. The molecule has 19 heavy (non-hydrogen) atoms. The third-order valence-electron chi connectivity index (χ3n) is 1.55. The van der Waals surface area contributed by atoms with Gasteiger partial charge in [-0.1, -0.05) is 34.8 Å². The Morgan fingerprint density at radius 1 is 1.32 bits per heavy atom. The Morgan fingerprint density at radius 3 is 2.47 bits per heavy atom. The molecule has 0 aliphatic heterocycles. The van der Waals surface area contributed by atoms with E-state index >= 15 is 0 Å². The van der Waals surface area contributed by atoms with Crippen molar-refractivity contribution in [2.75, 3.05) is 11.9 Å². The van der Waals surface area contributed by atoms with E-state index in [1.165, 1.54) is 0 Å². The highest BCUT2D eigenvalue weighted by Crippen LogP contribution is 2.28. The number of anilines is 1. The first-order valence-electron chi connectivity index (χ1n) is 4.48. The number of hydrogen-bond donors (Lipinski definition) is 1. The van der Waals surface area contributed by atoms with Crippen LogP contribution in [-0.4, -0.2) is 26.5 Å². The zero-order valence-electron chi connectivity index (χ0n) is 8.84. The van der Waals surface area contributed by atoms with Gasteiger partial charge < -0.3 is 4.74 Å². The van der Waals surface area contributed by atoms with Gasteiger partial charge in [0.2, 0.25) is 3.79 Å². The quantitative estimate of drug-likeness (QED) is 0.839. The molecule has 0 spiro atoms. The summed E-state index contributed by atoms with van der Waals surface area (Å²) in [7, 11) is 0. The minimum atomic E-state index is -4.65. The van der Waals surface area contributed by atoms with Gasteiger partial charge in [-0.3, -0.25) is 5.32 Å². The maximum absolute atomic E-state index is 12.3. The molecule has 0 bridgehead atoms. The van der Waals surface area contributed by atoms with Crippen LogP contribution in [-0.2, 0) is 10.9 Å². The summed E-state index contributed by atoms with van der Waals surface area (Å²) >= 11 is 16.0. The molecule has 1 rings (SSSR count). The van der Waals surface area contributed by atoms with Crippen molar-refractivity contribution in [2.45, 2.75) is 9.97 Å². The molecule has 1 heterocycles. The van der Waals surface area contributed by atoms with Gasteiger partial charge in [-0.25, -0.2) is 14.8 Å². The standard InChI is InChI=1S/C8H5Cl3F3N3O2/c9-7(10,11)2-19-6(18)17-5-1-4(8(12,13)14)15-3-16-5/h1,3H,2H2,(H,15,16,17,18). The van der Waals surface area contributed by atoms with Crippen LogP contribution in [0.5, 0.6) is 0 Å². The average Bonchev–Trinajstić information content (AvgIpc) is 2.25. The lowest BCUT2D eigenvalue weighted by Gasteiger charge is -2.12. The maximum atomic E-state index is 12.3. The van der Waals surface area contributed by atoms with Crippen LogP contribution < -0.4 is 5.32 Å². The van der Waals surface area contributed by atoms with Crippen molar-refractivity contribution in [3.8, 4) is 0 Å². The van der Waals surface area contributed by atoms with Crippen LogP contribution in [0.25, 0.3) is 0 Å². The van der Waals surface area contributed by atoms with E-state index in [9.17, 15) is 18.0 Å². The topological polar surface area (TPSA) is 64.1 Å². The number of hydrogen-bond acceptors (Lipinski definition) is 4. The number of rotatable bonds is 2. The van der Waals surface area contributed by atoms with Crippen molar-refractivity contribution in [3.63, 3.8) is 0 Å². The fourth-order valence-electron chi connectivity index (χ4n) is 0.869. The van der Waals surface area contributed by atoms with Crippen LogP contribution in [0.2, 0.25) is 0 Å². The third-order valence-corrected chi connectivity index (χ3v) is 1.88. The van der Waals surface area contributed by atoms with Gasteiger partial charge in [-0.05, 0) is 0 Å². The van der Waals surface area contributed by atoms with E-state index < -0.39 is 34.2 Å². The number of nitrogens with one attached hydrogen (secondary N) is 1. The predicted octanol–water partition coefficient (Wildman–Crippen LogP) is 3.41. The molecule has 1 aromatic rings. The smallest absolute Gasteiger partial charge is 0.433 e. The van der Waals surface area contributed by atoms with Crippen LogP contribution in [0.15, 0.2) is 12.4 Å². The number of ether oxygens (including phenoxy) is 1. The van der Waals surface area contributed by atoms with E-state index in [1.807, 2.05) is 5.32 Å². The lowest BCUT2D eigenvalue weighted by molar-refractivity contribution is -0.141. The normalized spacial score (nSPS) is 12.1. The van der Waals surface area contributed by atoms with Gasteiger partial charge in [0.25, 0.3) is 0 Å². The second-order valence-electron chi connectivity index (χ2n) is 3.10. The Balaban J connectivity index is 2.65. The number of halogens is 6. The molecule has 1 N–H and O–H groups in total. The van der Waals surface area contributed by atoms with Crippen molar-refractivity contribution in [1.82, 2.24) is 9.97 Å². The molecule has 0 fully saturated rings. The molecule has 0 aromatic carbocycles. The molecule has 0 saturated heterocycles. The Labute approximate surface area is 120 Å². The van der Waals surface area contributed by atoms with Gasteiger partial charge in [0.1, 0.15) is 24.4 Å². The summed E-state index contributed by atoms with van der Waals surface area (Å²) < 4.78 is 39.6. The molecule has 1 amide bonds. The van der Waals surface area contributed by atoms with Crippen LogP contribution >= 0.6 is 34.8 Å². The van der Waals surface area contributed by atoms with Crippen LogP contribution in [0.4, 0.5) is 23.8 Å². The zero-order chi connectivity index (χ0) is 14.7. The number of amides is 1. The van der Waals surface area contributed by atoms with Crippen LogP contribution in [0, 0.1) is 0 Å². The summed E-state index contributed by atoms with van der Waals surface area (Å²) in [5.41, 5.74) is -1.21. The van der Waals surface area contributed by atoms with Gasteiger partial charge in [0.15, 0.2) is 0 Å². The molecule has 0 unspecified atom stereocenters. The first-order chi connectivity index (χ1) is 8.58. The Kier molecular flexibility index (Phi) is 5.05. The minimum Gasteiger partial charge on any atom is -0.445 e. The minimum absolute atomic E-state index is 0.392. The molecule has 0 radical (unpaired) electrons. The van der Waals surface area contributed by atoms with E-state index in [0.717, 1.165) is 0 Å². The van der Waals surface area contributed by atoms with Gasteiger partial charge in [0, 0.05) is 6.07 Å². The molecule has 106 valence electrons.